The van der Waals surface area contributed by atoms with Gasteiger partial charge in [-0.2, -0.15) is 0 Å². The van der Waals surface area contributed by atoms with Crippen molar-refractivity contribution in [3.8, 4) is 0 Å². The first-order chi connectivity index (χ1) is 13.7. The molecule has 6 heteroatoms. The van der Waals surface area contributed by atoms with Crippen LogP contribution in [0.3, 0.4) is 0 Å². The molecule has 0 N–H and O–H groups in total. The summed E-state index contributed by atoms with van der Waals surface area (Å²) in [5, 5.41) is 0.0617. The van der Waals surface area contributed by atoms with Crippen LogP contribution >= 0.6 is 0 Å². The number of nitrogens with zero attached hydrogens (tertiary/aromatic N) is 1. The number of methoxy groups -OCH3 is 1. The fourth-order valence-electron chi connectivity index (χ4n) is 4.18. The minimum atomic E-state index is -0.980. The van der Waals surface area contributed by atoms with Crippen molar-refractivity contribution in [1.82, 2.24) is 4.57 Å². The second kappa shape index (κ2) is 6.79. The molecular formula is C23H21F2NO3. The zero-order valence-corrected chi connectivity index (χ0v) is 16.5. The molecule has 0 unspecified atom stereocenters. The molecule has 2 aromatic carbocycles. The molecule has 0 bridgehead atoms. The van der Waals surface area contributed by atoms with Crippen molar-refractivity contribution in [2.24, 2.45) is 5.41 Å². The predicted molar refractivity (Wildman–Crippen MR) is 105 cm³/mol. The van der Waals surface area contributed by atoms with Gasteiger partial charge in [0.25, 0.3) is 0 Å². The number of aromatic nitrogens is 1. The predicted octanol–water partition coefficient (Wildman–Crippen LogP) is 4.91. The topological polar surface area (TPSA) is 48.3 Å². The van der Waals surface area contributed by atoms with E-state index in [1.807, 2.05) is 18.4 Å². The fourth-order valence-corrected chi connectivity index (χ4v) is 4.18. The molecule has 1 aromatic heterocycles. The van der Waals surface area contributed by atoms with Crippen molar-refractivity contribution in [3.63, 3.8) is 0 Å². The van der Waals surface area contributed by atoms with Gasteiger partial charge in [-0.15, -0.1) is 0 Å². The maximum Gasteiger partial charge on any atom is 0.337 e. The lowest BCUT2D eigenvalue weighted by Crippen LogP contribution is -2.28. The standard InChI is InChI=1S/C23H21F2NO3/c1-23(2)10-17-19(18(27)11-23)20-16(9-8-15(24)21(20)25)26(17)12-13-4-6-14(7-5-13)22(28)29-3/h4-9H,10-12H2,1-3H3. The van der Waals surface area contributed by atoms with Crippen LogP contribution in [0.5, 0.6) is 0 Å². The zero-order valence-electron chi connectivity index (χ0n) is 16.5. The Balaban J connectivity index is 1.87. The number of hydrogen-bond donors (Lipinski definition) is 0. The molecule has 0 saturated carbocycles. The molecule has 0 amide bonds. The van der Waals surface area contributed by atoms with E-state index in [2.05, 4.69) is 0 Å². The van der Waals surface area contributed by atoms with Crippen molar-refractivity contribution in [2.75, 3.05) is 7.11 Å². The number of ketones is 1. The van der Waals surface area contributed by atoms with E-state index >= 15 is 0 Å². The van der Waals surface area contributed by atoms with E-state index in [-0.39, 0.29) is 16.6 Å². The maximum atomic E-state index is 14.7. The van der Waals surface area contributed by atoms with Crippen molar-refractivity contribution >= 4 is 22.7 Å². The molecule has 0 fully saturated rings. The van der Waals surface area contributed by atoms with Crippen molar-refractivity contribution < 1.29 is 23.1 Å². The Morgan fingerprint density at radius 1 is 1.10 bits per heavy atom. The van der Waals surface area contributed by atoms with Gasteiger partial charge in [0.1, 0.15) is 0 Å². The van der Waals surface area contributed by atoms with Gasteiger partial charge in [-0.05, 0) is 41.7 Å². The number of Topliss-reactive ketones (excluding diaryl/α,β-unsaturated/α-hetero) is 1. The van der Waals surface area contributed by atoms with E-state index in [0.717, 1.165) is 17.3 Å². The highest BCUT2D eigenvalue weighted by Gasteiger charge is 2.36. The summed E-state index contributed by atoms with van der Waals surface area (Å²) < 4.78 is 35.2. The summed E-state index contributed by atoms with van der Waals surface area (Å²) >= 11 is 0. The Morgan fingerprint density at radius 2 is 1.79 bits per heavy atom. The number of esters is 1. The molecular weight excluding hydrogens is 376 g/mol. The van der Waals surface area contributed by atoms with E-state index < -0.39 is 17.6 Å². The lowest BCUT2D eigenvalue weighted by atomic mass is 9.75. The quantitative estimate of drug-likeness (QED) is 0.590. The van der Waals surface area contributed by atoms with Gasteiger partial charge >= 0.3 is 5.97 Å². The van der Waals surface area contributed by atoms with Crippen LogP contribution in [0.15, 0.2) is 36.4 Å². The average molecular weight is 397 g/mol. The van der Waals surface area contributed by atoms with Gasteiger partial charge in [0, 0.05) is 29.6 Å². The van der Waals surface area contributed by atoms with E-state index in [1.54, 1.807) is 24.3 Å². The van der Waals surface area contributed by atoms with Gasteiger partial charge < -0.3 is 9.30 Å². The Hall–Kier alpha value is -3.02. The third-order valence-electron chi connectivity index (χ3n) is 5.51. The van der Waals surface area contributed by atoms with Crippen LogP contribution in [0.1, 0.15) is 52.2 Å². The molecule has 3 aromatic rings. The first kappa shape index (κ1) is 19.3. The van der Waals surface area contributed by atoms with Gasteiger partial charge in [-0.3, -0.25) is 4.79 Å². The summed E-state index contributed by atoms with van der Waals surface area (Å²) in [6, 6.07) is 9.52. The smallest absolute Gasteiger partial charge is 0.337 e. The highest BCUT2D eigenvalue weighted by molar-refractivity contribution is 6.11. The molecule has 1 heterocycles. The monoisotopic (exact) mass is 397 g/mol. The molecule has 0 atom stereocenters. The third kappa shape index (κ3) is 3.22. The van der Waals surface area contributed by atoms with Gasteiger partial charge in [0.2, 0.25) is 0 Å². The van der Waals surface area contributed by atoms with Crippen LogP contribution < -0.4 is 0 Å². The Morgan fingerprint density at radius 3 is 2.45 bits per heavy atom. The first-order valence-corrected chi connectivity index (χ1v) is 9.41. The molecule has 1 aliphatic carbocycles. The van der Waals surface area contributed by atoms with E-state index in [9.17, 15) is 18.4 Å². The maximum absolute atomic E-state index is 14.7. The van der Waals surface area contributed by atoms with Crippen molar-refractivity contribution in [3.05, 3.63) is 70.4 Å². The lowest BCUT2D eigenvalue weighted by Gasteiger charge is -2.29. The molecule has 4 nitrogen and oxygen atoms in total. The molecule has 150 valence electrons. The normalized spacial score (nSPS) is 15.4. The minimum Gasteiger partial charge on any atom is -0.465 e. The van der Waals surface area contributed by atoms with Crippen LogP contribution in [0.2, 0.25) is 0 Å². The molecule has 0 radical (unpaired) electrons. The number of rotatable bonds is 3. The largest absolute Gasteiger partial charge is 0.465 e. The van der Waals surface area contributed by atoms with Crippen LogP contribution in [0, 0.1) is 17.0 Å². The van der Waals surface area contributed by atoms with Crippen molar-refractivity contribution in [2.45, 2.75) is 33.2 Å². The summed E-state index contributed by atoms with van der Waals surface area (Å²) in [4.78, 5) is 24.5. The second-order valence-corrected chi connectivity index (χ2v) is 8.29. The van der Waals surface area contributed by atoms with Crippen LogP contribution in [-0.2, 0) is 17.7 Å². The number of benzene rings is 2. The zero-order chi connectivity index (χ0) is 20.9. The van der Waals surface area contributed by atoms with E-state index in [0.29, 0.717) is 36.0 Å². The van der Waals surface area contributed by atoms with Crippen LogP contribution in [-0.4, -0.2) is 23.4 Å². The lowest BCUT2D eigenvalue weighted by molar-refractivity contribution is 0.0600. The SMILES string of the molecule is COC(=O)c1ccc(Cn2c3c(c4c(F)c(F)ccc42)C(=O)CC(C)(C)C3)cc1. The molecule has 0 saturated heterocycles. The second-order valence-electron chi connectivity index (χ2n) is 8.29. The van der Waals surface area contributed by atoms with E-state index in [1.165, 1.54) is 13.2 Å². The molecule has 4 rings (SSSR count). The Labute approximate surface area is 167 Å². The van der Waals surface area contributed by atoms with Crippen LogP contribution in [0.25, 0.3) is 10.9 Å². The molecule has 29 heavy (non-hydrogen) atoms. The highest BCUT2D eigenvalue weighted by Crippen LogP contribution is 2.41. The summed E-state index contributed by atoms with van der Waals surface area (Å²) in [7, 11) is 1.32. The molecule has 1 aliphatic rings. The Bertz CT molecular complexity index is 1140. The van der Waals surface area contributed by atoms with Gasteiger partial charge in [-0.1, -0.05) is 26.0 Å². The number of hydrogen-bond acceptors (Lipinski definition) is 3. The number of carbonyl (C=O) groups is 2. The highest BCUT2D eigenvalue weighted by atomic mass is 19.2. The van der Waals surface area contributed by atoms with Crippen LogP contribution in [0.4, 0.5) is 8.78 Å². The van der Waals surface area contributed by atoms with Gasteiger partial charge in [0.05, 0.1) is 18.2 Å². The number of carbonyl (C=O) groups excluding carboxylic acids is 2. The number of ether oxygens (including phenoxy) is 1. The van der Waals surface area contributed by atoms with E-state index in [4.69, 9.17) is 4.74 Å². The van der Waals surface area contributed by atoms with Gasteiger partial charge in [0.15, 0.2) is 17.4 Å². The average Bonchev–Trinajstić information content (AvgIpc) is 2.98. The molecule has 0 aliphatic heterocycles. The first-order valence-electron chi connectivity index (χ1n) is 9.41. The third-order valence-corrected chi connectivity index (χ3v) is 5.51. The summed E-state index contributed by atoms with van der Waals surface area (Å²) in [6.45, 7) is 4.37. The number of halogens is 2. The molecule has 0 spiro atoms. The Kier molecular flexibility index (Phi) is 4.52. The summed E-state index contributed by atoms with van der Waals surface area (Å²) in [5.41, 5.74) is 2.56. The summed E-state index contributed by atoms with van der Waals surface area (Å²) in [6.07, 6.45) is 0.882. The van der Waals surface area contributed by atoms with Gasteiger partial charge in [-0.25, -0.2) is 13.6 Å². The van der Waals surface area contributed by atoms with Crippen molar-refractivity contribution in [1.29, 1.82) is 0 Å². The minimum absolute atomic E-state index is 0.0617. The number of fused-ring (bicyclic) bond motifs is 3. The fraction of sp³-hybridized carbons (Fsp3) is 0.304. The summed E-state index contributed by atoms with van der Waals surface area (Å²) in [5.74, 6) is -2.53.